The topological polar surface area (TPSA) is 105 Å². The lowest BCUT2D eigenvalue weighted by Crippen LogP contribution is -1.96. The van der Waals surface area contributed by atoms with E-state index in [1.165, 1.54) is 24.3 Å². The highest BCUT2D eigenvalue weighted by Crippen LogP contribution is 2.30. The maximum absolute atomic E-state index is 10.9. The number of para-hydroxylation sites is 2. The molecule has 0 aliphatic heterocycles. The Morgan fingerprint density at radius 1 is 0.543 bits per heavy atom. The quantitative estimate of drug-likeness (QED) is 0.178. The first-order valence-electron chi connectivity index (χ1n) is 11.0. The van der Waals surface area contributed by atoms with Gasteiger partial charge in [-0.05, 0) is 66.8 Å². The van der Waals surface area contributed by atoms with E-state index < -0.39 is 9.85 Å². The van der Waals surface area contributed by atoms with E-state index in [0.29, 0.717) is 23.0 Å². The SMILES string of the molecule is O=[N+]([O-])c1ccc(Oc2ccccc2CCCc2ccccc2Oc2ccc([N+](=O)[O-])cc2)cc1. The molecule has 0 saturated heterocycles. The molecule has 0 aliphatic carbocycles. The summed E-state index contributed by atoms with van der Waals surface area (Å²) in [4.78, 5) is 20.8. The van der Waals surface area contributed by atoms with E-state index in [9.17, 15) is 20.2 Å². The van der Waals surface area contributed by atoms with Crippen LogP contribution in [0.3, 0.4) is 0 Å². The van der Waals surface area contributed by atoms with Crippen molar-refractivity contribution in [2.24, 2.45) is 0 Å². The smallest absolute Gasteiger partial charge is 0.269 e. The zero-order valence-electron chi connectivity index (χ0n) is 18.7. The van der Waals surface area contributed by atoms with Gasteiger partial charge in [-0.1, -0.05) is 36.4 Å². The van der Waals surface area contributed by atoms with Gasteiger partial charge < -0.3 is 9.47 Å². The van der Waals surface area contributed by atoms with Crippen molar-refractivity contribution in [1.29, 1.82) is 0 Å². The summed E-state index contributed by atoms with van der Waals surface area (Å²) in [6, 6.07) is 27.4. The minimum absolute atomic E-state index is 0.0141. The van der Waals surface area contributed by atoms with Crippen molar-refractivity contribution < 1.29 is 19.3 Å². The second kappa shape index (κ2) is 10.9. The largest absolute Gasteiger partial charge is 0.457 e. The van der Waals surface area contributed by atoms with Crippen LogP contribution in [0.4, 0.5) is 11.4 Å². The number of non-ortho nitro benzene ring substituents is 2. The first-order chi connectivity index (χ1) is 17.0. The second-order valence-electron chi connectivity index (χ2n) is 7.78. The molecule has 0 fully saturated rings. The van der Waals surface area contributed by atoms with Gasteiger partial charge in [0, 0.05) is 24.3 Å². The Morgan fingerprint density at radius 3 is 1.29 bits per heavy atom. The van der Waals surface area contributed by atoms with Gasteiger partial charge in [-0.2, -0.15) is 0 Å². The summed E-state index contributed by atoms with van der Waals surface area (Å²) in [5, 5.41) is 21.7. The van der Waals surface area contributed by atoms with Crippen LogP contribution in [-0.4, -0.2) is 9.85 Å². The Bertz CT molecular complexity index is 1220. The van der Waals surface area contributed by atoms with Gasteiger partial charge in [0.15, 0.2) is 0 Å². The summed E-state index contributed by atoms with van der Waals surface area (Å²) in [5.74, 6) is 2.48. The summed E-state index contributed by atoms with van der Waals surface area (Å²) in [7, 11) is 0. The Hall–Kier alpha value is -4.72. The number of benzene rings is 4. The standard InChI is InChI=1S/C27H22N2O6/c30-28(31)22-12-16-24(17-13-22)34-26-10-3-1-6-20(26)8-5-9-21-7-2-4-11-27(21)35-25-18-14-23(15-19-25)29(32)33/h1-4,6-7,10-19H,5,8-9H2. The van der Waals surface area contributed by atoms with Crippen LogP contribution in [0.1, 0.15) is 17.5 Å². The molecule has 4 aromatic rings. The molecule has 0 saturated carbocycles. The van der Waals surface area contributed by atoms with Crippen LogP contribution in [0.25, 0.3) is 0 Å². The molecular formula is C27H22N2O6. The van der Waals surface area contributed by atoms with Gasteiger partial charge in [0.05, 0.1) is 9.85 Å². The van der Waals surface area contributed by atoms with Gasteiger partial charge in [-0.15, -0.1) is 0 Å². The van der Waals surface area contributed by atoms with Gasteiger partial charge in [0.1, 0.15) is 23.0 Å². The van der Waals surface area contributed by atoms with Gasteiger partial charge in [0.25, 0.3) is 11.4 Å². The van der Waals surface area contributed by atoms with Crippen LogP contribution in [0, 0.1) is 20.2 Å². The highest BCUT2D eigenvalue weighted by atomic mass is 16.6. The fraction of sp³-hybridized carbons (Fsp3) is 0.111. The third-order valence-corrected chi connectivity index (χ3v) is 5.39. The van der Waals surface area contributed by atoms with Gasteiger partial charge in [-0.3, -0.25) is 20.2 Å². The van der Waals surface area contributed by atoms with E-state index in [1.807, 2.05) is 48.5 Å². The molecule has 176 valence electrons. The third-order valence-electron chi connectivity index (χ3n) is 5.39. The Kier molecular flexibility index (Phi) is 7.32. The molecule has 0 bridgehead atoms. The summed E-state index contributed by atoms with van der Waals surface area (Å²) < 4.78 is 12.0. The summed E-state index contributed by atoms with van der Waals surface area (Å²) in [6.07, 6.45) is 2.35. The number of rotatable bonds is 10. The minimum atomic E-state index is -0.444. The van der Waals surface area contributed by atoms with E-state index in [2.05, 4.69) is 0 Å². The van der Waals surface area contributed by atoms with E-state index >= 15 is 0 Å². The lowest BCUT2D eigenvalue weighted by molar-refractivity contribution is -0.385. The molecule has 0 spiro atoms. The van der Waals surface area contributed by atoms with Crippen LogP contribution in [0.15, 0.2) is 97.1 Å². The van der Waals surface area contributed by atoms with Crippen LogP contribution in [0.5, 0.6) is 23.0 Å². The summed E-state index contributed by atoms with van der Waals surface area (Å²) in [5.41, 5.74) is 2.08. The second-order valence-corrected chi connectivity index (χ2v) is 7.78. The van der Waals surface area contributed by atoms with Crippen LogP contribution in [0.2, 0.25) is 0 Å². The number of aryl methyl sites for hydroxylation is 2. The highest BCUT2D eigenvalue weighted by molar-refractivity contribution is 5.43. The summed E-state index contributed by atoms with van der Waals surface area (Å²) in [6.45, 7) is 0. The fourth-order valence-corrected chi connectivity index (χ4v) is 3.61. The molecule has 0 unspecified atom stereocenters. The molecule has 35 heavy (non-hydrogen) atoms. The monoisotopic (exact) mass is 470 g/mol. The molecule has 0 N–H and O–H groups in total. The number of nitrogens with zero attached hydrogens (tertiary/aromatic N) is 2. The number of nitro benzene ring substituents is 2. The first-order valence-corrected chi connectivity index (χ1v) is 11.0. The van der Waals surface area contributed by atoms with Crippen LogP contribution in [-0.2, 0) is 12.8 Å². The molecule has 8 nitrogen and oxygen atoms in total. The number of hydrogen-bond acceptors (Lipinski definition) is 6. The van der Waals surface area contributed by atoms with Crippen molar-refractivity contribution in [3.8, 4) is 23.0 Å². The average molecular weight is 470 g/mol. The van der Waals surface area contributed by atoms with Gasteiger partial charge in [-0.25, -0.2) is 0 Å². The third kappa shape index (κ3) is 6.20. The number of nitro groups is 2. The van der Waals surface area contributed by atoms with Crippen LogP contribution >= 0.6 is 0 Å². The molecule has 0 radical (unpaired) electrons. The molecule has 0 heterocycles. The van der Waals surface area contributed by atoms with Crippen molar-refractivity contribution in [3.05, 3.63) is 128 Å². The number of hydrogen-bond donors (Lipinski definition) is 0. The lowest BCUT2D eigenvalue weighted by Gasteiger charge is -2.13. The Morgan fingerprint density at radius 2 is 0.914 bits per heavy atom. The zero-order chi connectivity index (χ0) is 24.6. The lowest BCUT2D eigenvalue weighted by atomic mass is 10.0. The molecule has 0 amide bonds. The molecule has 8 heteroatoms. The molecule has 4 rings (SSSR count). The molecule has 0 aliphatic rings. The van der Waals surface area contributed by atoms with E-state index in [1.54, 1.807) is 24.3 Å². The molecular weight excluding hydrogens is 448 g/mol. The van der Waals surface area contributed by atoms with Crippen molar-refractivity contribution >= 4 is 11.4 Å². The number of ether oxygens (including phenoxy) is 2. The molecule has 0 aromatic heterocycles. The van der Waals surface area contributed by atoms with Gasteiger partial charge in [0.2, 0.25) is 0 Å². The van der Waals surface area contributed by atoms with E-state index in [4.69, 9.17) is 9.47 Å². The normalized spacial score (nSPS) is 10.5. The van der Waals surface area contributed by atoms with E-state index in [-0.39, 0.29) is 11.4 Å². The zero-order valence-corrected chi connectivity index (χ0v) is 18.7. The highest BCUT2D eigenvalue weighted by Gasteiger charge is 2.10. The predicted molar refractivity (Wildman–Crippen MR) is 131 cm³/mol. The predicted octanol–water partition coefficient (Wildman–Crippen LogP) is 7.26. The maximum atomic E-state index is 10.9. The fourth-order valence-electron chi connectivity index (χ4n) is 3.61. The van der Waals surface area contributed by atoms with Crippen molar-refractivity contribution in [3.63, 3.8) is 0 Å². The minimum Gasteiger partial charge on any atom is -0.457 e. The average Bonchev–Trinajstić information content (AvgIpc) is 2.87. The Balaban J connectivity index is 1.40. The van der Waals surface area contributed by atoms with Crippen molar-refractivity contribution in [2.45, 2.75) is 19.3 Å². The van der Waals surface area contributed by atoms with Crippen molar-refractivity contribution in [1.82, 2.24) is 0 Å². The van der Waals surface area contributed by atoms with Gasteiger partial charge >= 0.3 is 0 Å². The van der Waals surface area contributed by atoms with Crippen molar-refractivity contribution in [2.75, 3.05) is 0 Å². The van der Waals surface area contributed by atoms with E-state index in [0.717, 1.165) is 30.4 Å². The first kappa shape index (κ1) is 23.4. The molecule has 0 atom stereocenters. The Labute approximate surface area is 201 Å². The van der Waals surface area contributed by atoms with Crippen LogP contribution < -0.4 is 9.47 Å². The summed E-state index contributed by atoms with van der Waals surface area (Å²) >= 11 is 0. The molecule has 4 aromatic carbocycles. The maximum Gasteiger partial charge on any atom is 0.269 e.